The van der Waals surface area contributed by atoms with E-state index in [1.165, 1.54) is 0 Å². The van der Waals surface area contributed by atoms with E-state index in [2.05, 4.69) is 28.0 Å². The smallest absolute Gasteiger partial charge is 0.186 e. The Balaban J connectivity index is 2.15. The van der Waals surface area contributed by atoms with Crippen molar-refractivity contribution in [1.82, 2.24) is 10.7 Å². The van der Waals surface area contributed by atoms with Gasteiger partial charge in [-0.15, -0.1) is 0 Å². The summed E-state index contributed by atoms with van der Waals surface area (Å²) in [6.07, 6.45) is 1.80. The van der Waals surface area contributed by atoms with Crippen LogP contribution in [0.5, 0.6) is 0 Å². The van der Waals surface area contributed by atoms with Gasteiger partial charge in [0.15, 0.2) is 5.11 Å². The van der Waals surface area contributed by atoms with Crippen molar-refractivity contribution in [2.75, 3.05) is 6.54 Å². The number of halogens is 1. The van der Waals surface area contributed by atoms with E-state index in [4.69, 9.17) is 23.8 Å². The summed E-state index contributed by atoms with van der Waals surface area (Å²) in [5.41, 5.74) is 3.85. The number of nitrogens with zero attached hydrogens (tertiary/aromatic N) is 1. The second-order valence-corrected chi connectivity index (χ2v) is 5.83. The summed E-state index contributed by atoms with van der Waals surface area (Å²) in [4.78, 5) is 0. The zero-order chi connectivity index (χ0) is 16.2. The van der Waals surface area contributed by atoms with Crippen molar-refractivity contribution in [1.29, 1.82) is 0 Å². The minimum Gasteiger partial charge on any atom is -0.362 e. The van der Waals surface area contributed by atoms with Crippen molar-refractivity contribution in [3.63, 3.8) is 0 Å². The first-order chi connectivity index (χ1) is 11.2. The molecule has 0 radical (unpaired) electrons. The molecule has 0 aromatic heterocycles. The maximum atomic E-state index is 6.58. The maximum absolute atomic E-state index is 6.58. The molecule has 3 aromatic carbocycles. The van der Waals surface area contributed by atoms with Crippen LogP contribution < -0.4 is 10.7 Å². The standard InChI is InChI=1S/C18H16ClN3S/c1-2-20-18(23)22-21-11-16-12-7-3-5-9-14(12)17(19)15-10-6-4-8-13(15)16/h3-11H,2H2,1H3,(H2,20,22,23)/b21-11-. The van der Waals surface area contributed by atoms with Crippen molar-refractivity contribution in [2.45, 2.75) is 6.92 Å². The van der Waals surface area contributed by atoms with Crippen molar-refractivity contribution in [3.05, 3.63) is 59.1 Å². The molecule has 0 amide bonds. The average Bonchev–Trinajstić information content (AvgIpc) is 2.58. The zero-order valence-electron chi connectivity index (χ0n) is 12.6. The van der Waals surface area contributed by atoms with Crippen molar-refractivity contribution in [2.24, 2.45) is 5.10 Å². The van der Waals surface area contributed by atoms with E-state index in [-0.39, 0.29) is 0 Å². The lowest BCUT2D eigenvalue weighted by Crippen LogP contribution is -2.31. The third kappa shape index (κ3) is 3.14. The minimum atomic E-state index is 0.506. The van der Waals surface area contributed by atoms with Gasteiger partial charge in [0.2, 0.25) is 0 Å². The molecule has 0 heterocycles. The number of benzene rings is 3. The van der Waals surface area contributed by atoms with Crippen LogP contribution in [0.25, 0.3) is 21.5 Å². The number of hydrazone groups is 1. The van der Waals surface area contributed by atoms with Crippen LogP contribution in [0.15, 0.2) is 53.6 Å². The Morgan fingerprint density at radius 1 is 1.04 bits per heavy atom. The van der Waals surface area contributed by atoms with E-state index in [1.54, 1.807) is 6.21 Å². The van der Waals surface area contributed by atoms with Crippen LogP contribution in [0.2, 0.25) is 5.02 Å². The normalized spacial score (nSPS) is 11.2. The molecule has 2 N–H and O–H groups in total. The van der Waals surface area contributed by atoms with E-state index < -0.39 is 0 Å². The Hall–Kier alpha value is -2.17. The second kappa shape index (κ2) is 6.94. The Morgan fingerprint density at radius 2 is 1.57 bits per heavy atom. The van der Waals surface area contributed by atoms with Crippen LogP contribution in [0, 0.1) is 0 Å². The molecule has 0 unspecified atom stereocenters. The van der Waals surface area contributed by atoms with Gasteiger partial charge in [-0.2, -0.15) is 5.10 Å². The van der Waals surface area contributed by atoms with Crippen LogP contribution in [0.1, 0.15) is 12.5 Å². The number of rotatable bonds is 3. The number of fused-ring (bicyclic) bond motifs is 2. The quantitative estimate of drug-likeness (QED) is 0.319. The molecule has 0 aliphatic heterocycles. The topological polar surface area (TPSA) is 36.4 Å². The summed E-state index contributed by atoms with van der Waals surface area (Å²) in [5.74, 6) is 0. The molecule has 0 atom stereocenters. The molecule has 0 aliphatic rings. The third-order valence-electron chi connectivity index (χ3n) is 3.60. The lowest BCUT2D eigenvalue weighted by atomic mass is 9.97. The SMILES string of the molecule is CCNC(=S)N/N=C\c1c2ccccc2c(Cl)c2ccccc12. The lowest BCUT2D eigenvalue weighted by molar-refractivity contribution is 0.904. The van der Waals surface area contributed by atoms with Crippen LogP contribution in [0.4, 0.5) is 0 Å². The maximum Gasteiger partial charge on any atom is 0.186 e. The Kier molecular flexibility index (Phi) is 4.74. The molecule has 3 nitrogen and oxygen atoms in total. The average molecular weight is 342 g/mol. The lowest BCUT2D eigenvalue weighted by Gasteiger charge is -2.10. The fourth-order valence-corrected chi connectivity index (χ4v) is 3.13. The van der Waals surface area contributed by atoms with Crippen LogP contribution >= 0.6 is 23.8 Å². The molecule has 5 heteroatoms. The van der Waals surface area contributed by atoms with E-state index in [9.17, 15) is 0 Å². The molecule has 0 bridgehead atoms. The fourth-order valence-electron chi connectivity index (χ4n) is 2.60. The molecule has 0 spiro atoms. The molecule has 3 rings (SSSR count). The largest absolute Gasteiger partial charge is 0.362 e. The molecule has 0 saturated carbocycles. The van der Waals surface area contributed by atoms with E-state index in [1.807, 2.05) is 43.3 Å². The van der Waals surface area contributed by atoms with Gasteiger partial charge in [0.1, 0.15) is 0 Å². The molecule has 0 saturated heterocycles. The molecule has 3 aromatic rings. The number of hydrogen-bond acceptors (Lipinski definition) is 2. The second-order valence-electron chi connectivity index (χ2n) is 5.05. The molecule has 0 fully saturated rings. The van der Waals surface area contributed by atoms with Gasteiger partial charge in [-0.3, -0.25) is 5.43 Å². The predicted molar refractivity (Wildman–Crippen MR) is 103 cm³/mol. The number of nitrogens with one attached hydrogen (secondary N) is 2. The molecular formula is C18H16ClN3S. The molecule has 116 valence electrons. The van der Waals surface area contributed by atoms with E-state index >= 15 is 0 Å². The van der Waals surface area contributed by atoms with Gasteiger partial charge in [-0.1, -0.05) is 60.1 Å². The van der Waals surface area contributed by atoms with Crippen molar-refractivity contribution >= 4 is 56.7 Å². The third-order valence-corrected chi connectivity index (χ3v) is 4.25. The Bertz CT molecular complexity index is 848. The van der Waals surface area contributed by atoms with Crippen molar-refractivity contribution < 1.29 is 0 Å². The van der Waals surface area contributed by atoms with Gasteiger partial charge in [0, 0.05) is 22.9 Å². The zero-order valence-corrected chi connectivity index (χ0v) is 14.2. The van der Waals surface area contributed by atoms with Crippen LogP contribution in [-0.4, -0.2) is 17.9 Å². The Morgan fingerprint density at radius 3 is 2.09 bits per heavy atom. The van der Waals surface area contributed by atoms with E-state index in [0.29, 0.717) is 5.11 Å². The minimum absolute atomic E-state index is 0.506. The highest BCUT2D eigenvalue weighted by molar-refractivity contribution is 7.80. The fraction of sp³-hybridized carbons (Fsp3) is 0.111. The van der Waals surface area contributed by atoms with Gasteiger partial charge >= 0.3 is 0 Å². The molecule has 0 aliphatic carbocycles. The van der Waals surface area contributed by atoms with Crippen LogP contribution in [0.3, 0.4) is 0 Å². The molecular weight excluding hydrogens is 326 g/mol. The molecule has 23 heavy (non-hydrogen) atoms. The van der Waals surface area contributed by atoms with Gasteiger partial charge in [-0.05, 0) is 29.9 Å². The number of thiocarbonyl (C=S) groups is 1. The summed E-state index contributed by atoms with van der Waals surface area (Å²) >= 11 is 11.7. The highest BCUT2D eigenvalue weighted by atomic mass is 35.5. The highest BCUT2D eigenvalue weighted by Gasteiger charge is 2.10. The monoisotopic (exact) mass is 341 g/mol. The van der Waals surface area contributed by atoms with Crippen LogP contribution in [-0.2, 0) is 0 Å². The summed E-state index contributed by atoms with van der Waals surface area (Å²) < 4.78 is 0. The summed E-state index contributed by atoms with van der Waals surface area (Å²) in [6.45, 7) is 2.74. The summed E-state index contributed by atoms with van der Waals surface area (Å²) in [7, 11) is 0. The number of hydrogen-bond donors (Lipinski definition) is 2. The van der Waals surface area contributed by atoms with Gasteiger partial charge < -0.3 is 5.32 Å². The summed E-state index contributed by atoms with van der Waals surface area (Å²) in [6, 6.07) is 16.1. The first kappa shape index (κ1) is 15.7. The first-order valence-electron chi connectivity index (χ1n) is 7.38. The van der Waals surface area contributed by atoms with Gasteiger partial charge in [-0.25, -0.2) is 0 Å². The van der Waals surface area contributed by atoms with Gasteiger partial charge in [0.05, 0.1) is 11.2 Å². The predicted octanol–water partition coefficient (Wildman–Crippen LogP) is 4.46. The Labute approximate surface area is 145 Å². The van der Waals surface area contributed by atoms with Crippen molar-refractivity contribution in [3.8, 4) is 0 Å². The highest BCUT2D eigenvalue weighted by Crippen LogP contribution is 2.35. The van der Waals surface area contributed by atoms with Gasteiger partial charge in [0.25, 0.3) is 0 Å². The first-order valence-corrected chi connectivity index (χ1v) is 8.17. The summed E-state index contributed by atoms with van der Waals surface area (Å²) in [5, 5.41) is 12.7. The van der Waals surface area contributed by atoms with E-state index in [0.717, 1.165) is 38.7 Å².